The van der Waals surface area contributed by atoms with Crippen molar-refractivity contribution in [1.29, 1.82) is 0 Å². The molecule has 0 unspecified atom stereocenters. The van der Waals surface area contributed by atoms with Crippen molar-refractivity contribution in [3.05, 3.63) is 12.7 Å². The Bertz CT molecular complexity index is 763. The first kappa shape index (κ1) is 32.7. The molecule has 0 aliphatic heterocycles. The van der Waals surface area contributed by atoms with Crippen LogP contribution in [0.1, 0.15) is 0 Å². The predicted octanol–water partition coefficient (Wildman–Crippen LogP) is 4.68. The molecular weight excluding hydrogens is 530 g/mol. The maximum absolute atomic E-state index is 13.0. The molecule has 0 aliphatic rings. The molecule has 0 atom stereocenters. The van der Waals surface area contributed by atoms with Crippen molar-refractivity contribution in [3.63, 3.8) is 0 Å². The Kier molecular flexibility index (Phi) is 9.22. The van der Waals surface area contributed by atoms with Crippen LogP contribution in [0.2, 0.25) is 0 Å². The molecule has 0 fully saturated rings. The highest BCUT2D eigenvalue weighted by atomic mass is 32.2. The molecule has 0 spiro atoms. The van der Waals surface area contributed by atoms with Gasteiger partial charge in [-0.1, -0.05) is 6.08 Å². The summed E-state index contributed by atoms with van der Waals surface area (Å²) in [6.07, 6.45) is -4.32. The Morgan fingerprint density at radius 1 is 0.719 bits per heavy atom. The average Bonchev–Trinajstić information content (AvgIpc) is 2.59. The molecule has 0 rings (SSSR count). The first-order valence-corrected chi connectivity index (χ1v) is 8.26. The fraction of sp³-hybridized carbons (Fsp3) is 0.818. The summed E-state index contributed by atoms with van der Waals surface area (Å²) >= 11 is 0. The van der Waals surface area contributed by atoms with E-state index in [9.17, 15) is 78.7 Å². The van der Waals surface area contributed by atoms with E-state index >= 15 is 0 Å². The zero-order valence-electron chi connectivity index (χ0n) is 14.4. The summed E-state index contributed by atoms with van der Waals surface area (Å²) in [5.41, 5.74) is 4.91. The standard InChI is InChI=1S/C8H2F16O3S.C3H7N/c9-1(10)2(11,12)3(13,14)4(15,16)5(17,18)6(19,20)7(21,22)8(23,24)28(25,26)27;1-2-3-4/h1H,(H,25,26,27);2H,1,3-4H2. The van der Waals surface area contributed by atoms with Gasteiger partial charge in [0, 0.05) is 6.54 Å². The molecule has 0 amide bonds. The molecule has 0 aliphatic carbocycles. The second-order valence-corrected chi connectivity index (χ2v) is 6.77. The molecular formula is C11H9F16NO3S. The molecule has 0 saturated carbocycles. The SMILES string of the molecule is C=CCN.O=S(=O)(O)C(F)(F)C(F)(F)C(F)(F)C(F)(F)C(F)(F)C(F)(F)C(F)(F)C(F)F. The molecule has 194 valence electrons. The van der Waals surface area contributed by atoms with Gasteiger partial charge in [-0.15, -0.1) is 6.58 Å². The van der Waals surface area contributed by atoms with E-state index in [1.165, 1.54) is 0 Å². The van der Waals surface area contributed by atoms with Gasteiger partial charge in [0.25, 0.3) is 0 Å². The lowest BCUT2D eigenvalue weighted by molar-refractivity contribution is -0.441. The van der Waals surface area contributed by atoms with E-state index in [-0.39, 0.29) is 0 Å². The van der Waals surface area contributed by atoms with Gasteiger partial charge in [0.15, 0.2) is 0 Å². The van der Waals surface area contributed by atoms with Crippen LogP contribution in [-0.2, 0) is 10.1 Å². The van der Waals surface area contributed by atoms with Crippen molar-refractivity contribution in [2.24, 2.45) is 5.73 Å². The first-order valence-electron chi connectivity index (χ1n) is 6.82. The van der Waals surface area contributed by atoms with Crippen molar-refractivity contribution < 1.29 is 83.2 Å². The summed E-state index contributed by atoms with van der Waals surface area (Å²) in [4.78, 5) is 0. The molecule has 3 N–H and O–H groups in total. The summed E-state index contributed by atoms with van der Waals surface area (Å²) in [6.45, 7) is 3.94. The zero-order chi connectivity index (χ0) is 27.0. The van der Waals surface area contributed by atoms with Gasteiger partial charge in [-0.2, -0.15) is 69.9 Å². The number of nitrogens with two attached hydrogens (primary N) is 1. The van der Waals surface area contributed by atoms with Crippen LogP contribution < -0.4 is 5.73 Å². The van der Waals surface area contributed by atoms with Crippen molar-refractivity contribution >= 4 is 10.1 Å². The molecule has 32 heavy (non-hydrogen) atoms. The average molecular weight is 539 g/mol. The zero-order valence-corrected chi connectivity index (χ0v) is 15.2. The van der Waals surface area contributed by atoms with Gasteiger partial charge in [0.1, 0.15) is 0 Å². The second-order valence-electron chi connectivity index (χ2n) is 5.31. The van der Waals surface area contributed by atoms with Gasteiger partial charge in [0.05, 0.1) is 0 Å². The van der Waals surface area contributed by atoms with Crippen LogP contribution in [0.5, 0.6) is 0 Å². The van der Waals surface area contributed by atoms with Crippen LogP contribution in [0.15, 0.2) is 12.7 Å². The summed E-state index contributed by atoms with van der Waals surface area (Å²) in [5.74, 6) is -50.1. The van der Waals surface area contributed by atoms with Crippen LogP contribution in [0, 0.1) is 0 Å². The van der Waals surface area contributed by atoms with E-state index in [1.807, 2.05) is 0 Å². The van der Waals surface area contributed by atoms with E-state index in [4.69, 9.17) is 10.3 Å². The quantitative estimate of drug-likeness (QED) is 0.254. The van der Waals surface area contributed by atoms with Gasteiger partial charge < -0.3 is 5.73 Å². The van der Waals surface area contributed by atoms with E-state index < -0.39 is 57.3 Å². The molecule has 0 saturated heterocycles. The Morgan fingerprint density at radius 2 is 0.969 bits per heavy atom. The van der Waals surface area contributed by atoms with Gasteiger partial charge in [0.2, 0.25) is 0 Å². The predicted molar refractivity (Wildman–Crippen MR) is 71.4 cm³/mol. The van der Waals surface area contributed by atoms with Gasteiger partial charge in [-0.25, -0.2) is 8.78 Å². The molecule has 0 heterocycles. The minimum atomic E-state index is -8.71. The summed E-state index contributed by atoms with van der Waals surface area (Å²) < 4.78 is 231. The van der Waals surface area contributed by atoms with Gasteiger partial charge in [-0.3, -0.25) is 4.55 Å². The van der Waals surface area contributed by atoms with Gasteiger partial charge >= 0.3 is 57.3 Å². The van der Waals surface area contributed by atoms with Crippen LogP contribution in [0.25, 0.3) is 0 Å². The Morgan fingerprint density at radius 3 is 1.19 bits per heavy atom. The smallest absolute Gasteiger partial charge is 0.327 e. The monoisotopic (exact) mass is 539 g/mol. The molecule has 0 aromatic heterocycles. The Balaban J connectivity index is 0. The van der Waals surface area contributed by atoms with Crippen LogP contribution in [0.3, 0.4) is 0 Å². The van der Waals surface area contributed by atoms with E-state index in [0.717, 1.165) is 0 Å². The first-order chi connectivity index (χ1) is 13.6. The van der Waals surface area contributed by atoms with Crippen LogP contribution >= 0.6 is 0 Å². The highest BCUT2D eigenvalue weighted by molar-refractivity contribution is 7.87. The summed E-state index contributed by atoms with van der Waals surface area (Å²) in [7, 11) is -7.82. The fourth-order valence-electron chi connectivity index (χ4n) is 1.28. The van der Waals surface area contributed by atoms with Gasteiger partial charge in [-0.05, 0) is 0 Å². The highest BCUT2D eigenvalue weighted by Gasteiger charge is 2.94. The van der Waals surface area contributed by atoms with Crippen molar-refractivity contribution in [2.45, 2.75) is 47.2 Å². The number of rotatable bonds is 9. The van der Waals surface area contributed by atoms with E-state index in [0.29, 0.717) is 6.54 Å². The normalized spacial score (nSPS) is 15.3. The van der Waals surface area contributed by atoms with E-state index in [2.05, 4.69) is 6.58 Å². The lowest BCUT2D eigenvalue weighted by atomic mass is 9.91. The third kappa shape index (κ3) is 4.59. The van der Waals surface area contributed by atoms with Crippen molar-refractivity contribution in [2.75, 3.05) is 6.54 Å². The Hall–Kier alpha value is -1.51. The minimum absolute atomic E-state index is 0.583. The van der Waals surface area contributed by atoms with Crippen molar-refractivity contribution in [3.8, 4) is 0 Å². The highest BCUT2D eigenvalue weighted by Crippen LogP contribution is 2.63. The lowest BCUT2D eigenvalue weighted by Crippen LogP contribution is -2.74. The molecule has 0 aromatic rings. The third-order valence-electron chi connectivity index (χ3n) is 3.13. The number of hydrogen-bond acceptors (Lipinski definition) is 3. The second kappa shape index (κ2) is 9.03. The molecule has 0 bridgehead atoms. The van der Waals surface area contributed by atoms with Crippen LogP contribution in [-0.4, -0.2) is 66.7 Å². The topological polar surface area (TPSA) is 80.4 Å². The summed E-state index contributed by atoms with van der Waals surface area (Å²) in [5, 5.41) is -7.76. The number of hydrogen-bond donors (Lipinski definition) is 2. The Labute approximate surface area is 166 Å². The van der Waals surface area contributed by atoms with Crippen LogP contribution in [0.4, 0.5) is 70.2 Å². The maximum Gasteiger partial charge on any atom is 0.438 e. The number of halogens is 16. The fourth-order valence-corrected chi connectivity index (χ4v) is 1.73. The maximum atomic E-state index is 13.0. The molecule has 21 heteroatoms. The molecule has 0 radical (unpaired) electrons. The third-order valence-corrected chi connectivity index (χ3v) is 4.03. The number of alkyl halides is 16. The minimum Gasteiger partial charge on any atom is -0.327 e. The van der Waals surface area contributed by atoms with E-state index in [1.54, 1.807) is 6.08 Å². The lowest BCUT2D eigenvalue weighted by Gasteiger charge is -2.41. The molecule has 4 nitrogen and oxygen atoms in total. The largest absolute Gasteiger partial charge is 0.438 e. The van der Waals surface area contributed by atoms with Crippen molar-refractivity contribution in [1.82, 2.24) is 0 Å². The molecule has 0 aromatic carbocycles. The summed E-state index contributed by atoms with van der Waals surface area (Å²) in [6, 6.07) is 0.